The first kappa shape index (κ1) is 28.8. The Kier molecular flexibility index (Phi) is 8.89. The van der Waals surface area contributed by atoms with E-state index in [1.807, 2.05) is 42.7 Å². The highest BCUT2D eigenvalue weighted by atomic mass is 32.2. The highest BCUT2D eigenvalue weighted by Crippen LogP contribution is 2.29. The summed E-state index contributed by atoms with van der Waals surface area (Å²) < 4.78 is 30.1. The molecule has 0 atom stereocenters. The van der Waals surface area contributed by atoms with Crippen molar-refractivity contribution in [1.82, 2.24) is 19.6 Å². The summed E-state index contributed by atoms with van der Waals surface area (Å²) >= 11 is 0. The van der Waals surface area contributed by atoms with Crippen LogP contribution in [0.15, 0.2) is 65.6 Å². The van der Waals surface area contributed by atoms with Gasteiger partial charge in [-0.15, -0.1) is 0 Å². The van der Waals surface area contributed by atoms with Crippen molar-refractivity contribution in [2.45, 2.75) is 57.9 Å². The molecule has 0 aliphatic rings. The number of nitrogens with zero attached hydrogens (tertiary/aromatic N) is 2. The highest BCUT2D eigenvalue weighted by molar-refractivity contribution is 7.90. The number of fused-ring (bicyclic) bond motifs is 1. The summed E-state index contributed by atoms with van der Waals surface area (Å²) in [6.07, 6.45) is 3.33. The standard InChI is InChI=1S/C30H34N4O5S/c1-4-6-11-26-32-27-20(3)12-17-24(29(35)36)28(27)34(26)19-21-13-15-22(16-14-21)23-9-7-8-10-25(23)40(38,39)33-30(37)31-18-5-2/h7-10,12-17H,4-6,11,18-19H2,1-3H3,(H,35,36)(H2,31,33,37). The number of amides is 2. The summed E-state index contributed by atoms with van der Waals surface area (Å²) in [5, 5.41) is 12.4. The van der Waals surface area contributed by atoms with E-state index in [2.05, 4.69) is 17.0 Å². The monoisotopic (exact) mass is 562 g/mol. The SMILES string of the molecule is CCCCc1nc2c(C)ccc(C(=O)O)c2n1Cc1ccc(-c2ccccc2S(=O)(=O)NC(=O)NCCC)cc1. The van der Waals surface area contributed by atoms with Crippen LogP contribution in [0.1, 0.15) is 60.4 Å². The number of sulfonamides is 1. The Labute approximate surface area is 234 Å². The van der Waals surface area contributed by atoms with Crippen LogP contribution in [0.2, 0.25) is 0 Å². The predicted octanol–water partition coefficient (Wildman–Crippen LogP) is 5.50. The number of unbranched alkanes of at least 4 members (excludes halogenated alkanes) is 1. The Morgan fingerprint density at radius 1 is 0.975 bits per heavy atom. The van der Waals surface area contributed by atoms with Crippen molar-refractivity contribution < 1.29 is 23.1 Å². The van der Waals surface area contributed by atoms with E-state index in [0.717, 1.165) is 36.2 Å². The van der Waals surface area contributed by atoms with E-state index in [-0.39, 0.29) is 10.5 Å². The van der Waals surface area contributed by atoms with Crippen LogP contribution in [0.25, 0.3) is 22.2 Å². The molecule has 0 aliphatic heterocycles. The number of aryl methyl sites for hydroxylation is 2. The molecule has 0 radical (unpaired) electrons. The fourth-order valence-corrected chi connectivity index (χ4v) is 5.80. The predicted molar refractivity (Wildman–Crippen MR) is 155 cm³/mol. The van der Waals surface area contributed by atoms with E-state index in [1.54, 1.807) is 30.3 Å². The van der Waals surface area contributed by atoms with Gasteiger partial charge in [0.15, 0.2) is 0 Å². The van der Waals surface area contributed by atoms with Gasteiger partial charge in [0.1, 0.15) is 5.82 Å². The zero-order chi connectivity index (χ0) is 28.9. The number of carboxylic acids is 1. The summed E-state index contributed by atoms with van der Waals surface area (Å²) in [5.41, 5.74) is 4.47. The molecule has 1 heterocycles. The van der Waals surface area contributed by atoms with E-state index in [4.69, 9.17) is 4.98 Å². The third-order valence-corrected chi connectivity index (χ3v) is 8.09. The molecule has 2 amide bonds. The van der Waals surface area contributed by atoms with Gasteiger partial charge in [0.2, 0.25) is 0 Å². The van der Waals surface area contributed by atoms with Crippen molar-refractivity contribution in [1.29, 1.82) is 0 Å². The molecule has 0 saturated carbocycles. The molecular weight excluding hydrogens is 528 g/mol. The number of urea groups is 1. The fourth-order valence-electron chi connectivity index (χ4n) is 4.65. The molecule has 9 nitrogen and oxygen atoms in total. The Hall–Kier alpha value is -4.18. The number of hydrogen-bond acceptors (Lipinski definition) is 5. The maximum Gasteiger partial charge on any atom is 0.337 e. The normalized spacial score (nSPS) is 11.5. The molecule has 4 aromatic rings. The van der Waals surface area contributed by atoms with Gasteiger partial charge in [-0.05, 0) is 48.6 Å². The number of carbonyl (C=O) groups is 2. The van der Waals surface area contributed by atoms with Crippen LogP contribution in [0.4, 0.5) is 4.79 Å². The summed E-state index contributed by atoms with van der Waals surface area (Å²) in [5.74, 6) is -0.167. The van der Waals surface area contributed by atoms with Gasteiger partial charge >= 0.3 is 12.0 Å². The van der Waals surface area contributed by atoms with Crippen LogP contribution in [0.3, 0.4) is 0 Å². The third kappa shape index (κ3) is 6.17. The van der Waals surface area contributed by atoms with E-state index in [1.165, 1.54) is 6.07 Å². The molecule has 1 aromatic heterocycles. The average molecular weight is 563 g/mol. The fraction of sp³-hybridized carbons (Fsp3) is 0.300. The first-order chi connectivity index (χ1) is 19.2. The van der Waals surface area contributed by atoms with Crippen molar-refractivity contribution in [3.05, 3.63) is 83.2 Å². The van der Waals surface area contributed by atoms with E-state index in [0.29, 0.717) is 41.7 Å². The molecule has 0 saturated heterocycles. The molecular formula is C30H34N4O5S. The molecule has 0 bridgehead atoms. The maximum absolute atomic E-state index is 13.0. The molecule has 10 heteroatoms. The number of rotatable bonds is 11. The van der Waals surface area contributed by atoms with E-state index >= 15 is 0 Å². The van der Waals surface area contributed by atoms with E-state index < -0.39 is 22.0 Å². The number of aromatic nitrogens is 2. The van der Waals surface area contributed by atoms with Crippen LogP contribution in [0.5, 0.6) is 0 Å². The van der Waals surface area contributed by atoms with Crippen LogP contribution < -0.4 is 10.0 Å². The van der Waals surface area contributed by atoms with Crippen LogP contribution >= 0.6 is 0 Å². The van der Waals surface area contributed by atoms with Crippen LogP contribution in [-0.4, -0.2) is 41.6 Å². The van der Waals surface area contributed by atoms with E-state index in [9.17, 15) is 23.1 Å². The number of carboxylic acid groups (broad SMARTS) is 1. The van der Waals surface area contributed by atoms with Gasteiger partial charge < -0.3 is 15.0 Å². The Morgan fingerprint density at radius 2 is 1.70 bits per heavy atom. The van der Waals surface area contributed by atoms with Crippen LogP contribution in [-0.2, 0) is 23.0 Å². The lowest BCUT2D eigenvalue weighted by atomic mass is 10.0. The van der Waals surface area contributed by atoms with Gasteiger partial charge in [0, 0.05) is 25.1 Å². The van der Waals surface area contributed by atoms with Gasteiger partial charge in [0.05, 0.1) is 21.5 Å². The van der Waals surface area contributed by atoms with Crippen molar-refractivity contribution in [2.24, 2.45) is 0 Å². The number of aromatic carboxylic acids is 1. The molecule has 4 rings (SSSR count). The van der Waals surface area contributed by atoms with Gasteiger partial charge in [-0.3, -0.25) is 0 Å². The minimum Gasteiger partial charge on any atom is -0.478 e. The molecule has 210 valence electrons. The molecule has 3 aromatic carbocycles. The summed E-state index contributed by atoms with van der Waals surface area (Å²) in [4.78, 5) is 29.0. The van der Waals surface area contributed by atoms with Crippen molar-refractivity contribution >= 4 is 33.1 Å². The molecule has 3 N–H and O–H groups in total. The minimum atomic E-state index is -4.11. The highest BCUT2D eigenvalue weighted by Gasteiger charge is 2.22. The number of benzene rings is 3. The Balaban J connectivity index is 1.69. The molecule has 0 spiro atoms. The summed E-state index contributed by atoms with van der Waals surface area (Å²) in [7, 11) is -4.11. The number of carbonyl (C=O) groups excluding carboxylic acids is 1. The van der Waals surface area contributed by atoms with Gasteiger partial charge in [-0.25, -0.2) is 27.7 Å². The van der Waals surface area contributed by atoms with Crippen molar-refractivity contribution in [3.8, 4) is 11.1 Å². The zero-order valence-electron chi connectivity index (χ0n) is 22.9. The quantitative estimate of drug-likeness (QED) is 0.221. The second kappa shape index (κ2) is 12.3. The topological polar surface area (TPSA) is 130 Å². The smallest absolute Gasteiger partial charge is 0.337 e. The number of nitrogens with one attached hydrogen (secondary N) is 2. The zero-order valence-corrected chi connectivity index (χ0v) is 23.7. The molecule has 0 unspecified atom stereocenters. The molecule has 0 fully saturated rings. The Morgan fingerprint density at radius 3 is 2.38 bits per heavy atom. The third-order valence-electron chi connectivity index (χ3n) is 6.70. The number of imidazole rings is 1. The Bertz CT molecular complexity index is 1640. The van der Waals surface area contributed by atoms with Gasteiger partial charge in [0.25, 0.3) is 10.0 Å². The minimum absolute atomic E-state index is 0.00145. The average Bonchev–Trinajstić information content (AvgIpc) is 3.29. The van der Waals surface area contributed by atoms with Crippen LogP contribution in [0, 0.1) is 6.92 Å². The summed E-state index contributed by atoms with van der Waals surface area (Å²) in [6, 6.07) is 16.6. The van der Waals surface area contributed by atoms with Gasteiger partial charge in [-0.2, -0.15) is 0 Å². The maximum atomic E-state index is 13.0. The number of hydrogen-bond donors (Lipinski definition) is 3. The molecule has 0 aliphatic carbocycles. The van der Waals surface area contributed by atoms with Crippen molar-refractivity contribution in [3.63, 3.8) is 0 Å². The second-order valence-corrected chi connectivity index (χ2v) is 11.4. The van der Waals surface area contributed by atoms with Gasteiger partial charge in [-0.1, -0.05) is 68.8 Å². The largest absolute Gasteiger partial charge is 0.478 e. The summed E-state index contributed by atoms with van der Waals surface area (Å²) in [6.45, 7) is 6.69. The molecule has 40 heavy (non-hydrogen) atoms. The lowest BCUT2D eigenvalue weighted by Gasteiger charge is -2.14. The van der Waals surface area contributed by atoms with Crippen molar-refractivity contribution in [2.75, 3.05) is 6.54 Å². The first-order valence-corrected chi connectivity index (χ1v) is 14.9. The lowest BCUT2D eigenvalue weighted by molar-refractivity contribution is 0.0698. The second-order valence-electron chi connectivity index (χ2n) is 9.70. The lowest BCUT2D eigenvalue weighted by Crippen LogP contribution is -2.39. The first-order valence-electron chi connectivity index (χ1n) is 13.4.